The minimum absolute atomic E-state index is 0.0427. The number of halogens is 2. The van der Waals surface area contributed by atoms with Gasteiger partial charge in [-0.3, -0.25) is 9.59 Å². The van der Waals surface area contributed by atoms with Crippen molar-refractivity contribution in [3.8, 4) is 5.75 Å². The van der Waals surface area contributed by atoms with Gasteiger partial charge in [-0.25, -0.2) is 4.39 Å². The van der Waals surface area contributed by atoms with Gasteiger partial charge >= 0.3 is 5.97 Å². The summed E-state index contributed by atoms with van der Waals surface area (Å²) in [5.74, 6) is -1.26. The number of ether oxygens (including phenoxy) is 1. The van der Waals surface area contributed by atoms with Crippen molar-refractivity contribution < 1.29 is 18.7 Å². The minimum Gasteiger partial charge on any atom is -0.426 e. The Hall–Kier alpha value is -1.42. The van der Waals surface area contributed by atoms with E-state index >= 15 is 0 Å². The molecule has 0 bridgehead atoms. The van der Waals surface area contributed by atoms with Gasteiger partial charge in [0.25, 0.3) is 5.24 Å². The summed E-state index contributed by atoms with van der Waals surface area (Å²) in [5, 5.41) is -0.874. The molecule has 0 fully saturated rings. The van der Waals surface area contributed by atoms with E-state index in [1.54, 1.807) is 0 Å². The van der Waals surface area contributed by atoms with E-state index in [1.165, 1.54) is 13.0 Å². The number of rotatable bonds is 2. The van der Waals surface area contributed by atoms with Crippen LogP contribution in [0.2, 0.25) is 0 Å². The van der Waals surface area contributed by atoms with Crippen LogP contribution >= 0.6 is 11.6 Å². The molecule has 14 heavy (non-hydrogen) atoms. The number of benzene rings is 1. The average molecular weight is 217 g/mol. The van der Waals surface area contributed by atoms with Crippen LogP contribution in [0, 0.1) is 5.82 Å². The van der Waals surface area contributed by atoms with Gasteiger partial charge in [0.2, 0.25) is 0 Å². The molecule has 1 aromatic rings. The molecule has 0 aliphatic rings. The van der Waals surface area contributed by atoms with E-state index in [-0.39, 0.29) is 11.3 Å². The molecule has 0 heterocycles. The molecule has 0 spiro atoms. The highest BCUT2D eigenvalue weighted by molar-refractivity contribution is 6.68. The fraction of sp³-hybridized carbons (Fsp3) is 0.111. The second kappa shape index (κ2) is 4.19. The highest BCUT2D eigenvalue weighted by Gasteiger charge is 2.12. The van der Waals surface area contributed by atoms with E-state index in [9.17, 15) is 14.0 Å². The Labute approximate surface area is 84.4 Å². The summed E-state index contributed by atoms with van der Waals surface area (Å²) < 4.78 is 17.3. The van der Waals surface area contributed by atoms with Crippen LogP contribution in [0.1, 0.15) is 17.3 Å². The van der Waals surface area contributed by atoms with E-state index in [0.717, 1.165) is 12.1 Å². The van der Waals surface area contributed by atoms with Crippen molar-refractivity contribution in [1.82, 2.24) is 0 Å². The molecule has 0 N–H and O–H groups in total. The summed E-state index contributed by atoms with van der Waals surface area (Å²) in [6.07, 6.45) is 0. The molecule has 74 valence electrons. The number of carbonyl (C=O) groups excluding carboxylic acids is 2. The second-order valence-corrected chi connectivity index (χ2v) is 2.85. The van der Waals surface area contributed by atoms with Crippen LogP contribution in [-0.2, 0) is 4.79 Å². The highest BCUT2D eigenvalue weighted by Crippen LogP contribution is 2.21. The van der Waals surface area contributed by atoms with Gasteiger partial charge in [-0.1, -0.05) is 0 Å². The van der Waals surface area contributed by atoms with Gasteiger partial charge in [0.05, 0.1) is 5.56 Å². The zero-order valence-electron chi connectivity index (χ0n) is 7.21. The van der Waals surface area contributed by atoms with E-state index in [4.69, 9.17) is 11.6 Å². The lowest BCUT2D eigenvalue weighted by atomic mass is 10.2. The fourth-order valence-corrected chi connectivity index (χ4v) is 1.05. The predicted octanol–water partition coefficient (Wildman–Crippen LogP) is 2.13. The first kappa shape index (κ1) is 10.7. The Kier molecular flexibility index (Phi) is 3.19. The summed E-state index contributed by atoms with van der Waals surface area (Å²) >= 11 is 5.17. The molecular formula is C9H6ClFO3. The van der Waals surface area contributed by atoms with E-state index < -0.39 is 17.0 Å². The number of esters is 1. The molecule has 0 saturated carbocycles. The fourth-order valence-electron chi connectivity index (χ4n) is 0.900. The maximum atomic E-state index is 12.7. The van der Waals surface area contributed by atoms with Gasteiger partial charge in [0, 0.05) is 6.92 Å². The first-order valence-corrected chi connectivity index (χ1v) is 4.06. The van der Waals surface area contributed by atoms with Gasteiger partial charge in [0.15, 0.2) is 0 Å². The van der Waals surface area contributed by atoms with E-state index in [2.05, 4.69) is 4.74 Å². The standard InChI is InChI=1S/C9H6ClFO3/c1-5(12)14-8-3-2-6(11)4-7(8)9(10)13/h2-4H,1H3. The molecular weight excluding hydrogens is 211 g/mol. The van der Waals surface area contributed by atoms with Crippen LogP contribution in [0.15, 0.2) is 18.2 Å². The smallest absolute Gasteiger partial charge is 0.308 e. The third-order valence-corrected chi connectivity index (χ3v) is 1.61. The van der Waals surface area contributed by atoms with Crippen molar-refractivity contribution >= 4 is 22.8 Å². The van der Waals surface area contributed by atoms with Crippen LogP contribution in [0.5, 0.6) is 5.75 Å². The summed E-state index contributed by atoms with van der Waals surface area (Å²) in [6, 6.07) is 3.15. The topological polar surface area (TPSA) is 43.4 Å². The summed E-state index contributed by atoms with van der Waals surface area (Å²) in [4.78, 5) is 21.4. The summed E-state index contributed by atoms with van der Waals surface area (Å²) in [5.41, 5.74) is -0.165. The van der Waals surface area contributed by atoms with Crippen molar-refractivity contribution in [2.45, 2.75) is 6.92 Å². The first-order chi connectivity index (χ1) is 6.50. The van der Waals surface area contributed by atoms with Crippen LogP contribution in [0.3, 0.4) is 0 Å². The van der Waals surface area contributed by atoms with Gasteiger partial charge < -0.3 is 4.74 Å². The molecule has 0 atom stereocenters. The summed E-state index contributed by atoms with van der Waals surface area (Å²) in [6.45, 7) is 1.17. The lowest BCUT2D eigenvalue weighted by Crippen LogP contribution is -2.05. The van der Waals surface area contributed by atoms with Gasteiger partial charge in [-0.05, 0) is 29.8 Å². The third kappa shape index (κ3) is 2.53. The Morgan fingerprint density at radius 3 is 2.57 bits per heavy atom. The van der Waals surface area contributed by atoms with E-state index in [1.807, 2.05) is 0 Å². The monoisotopic (exact) mass is 216 g/mol. The molecule has 0 aromatic heterocycles. The zero-order chi connectivity index (χ0) is 10.7. The van der Waals surface area contributed by atoms with Crippen molar-refractivity contribution in [1.29, 1.82) is 0 Å². The van der Waals surface area contributed by atoms with Crippen LogP contribution in [0.25, 0.3) is 0 Å². The van der Waals surface area contributed by atoms with Crippen molar-refractivity contribution in [3.63, 3.8) is 0 Å². The van der Waals surface area contributed by atoms with Gasteiger partial charge in [-0.2, -0.15) is 0 Å². The molecule has 0 unspecified atom stereocenters. The molecule has 1 rings (SSSR count). The number of hydrogen-bond acceptors (Lipinski definition) is 3. The molecule has 0 aliphatic carbocycles. The SMILES string of the molecule is CC(=O)Oc1ccc(F)cc1C(=O)Cl. The van der Waals surface area contributed by atoms with E-state index in [0.29, 0.717) is 0 Å². The van der Waals surface area contributed by atoms with Crippen molar-refractivity contribution in [3.05, 3.63) is 29.6 Å². The lowest BCUT2D eigenvalue weighted by Gasteiger charge is -2.04. The molecule has 0 amide bonds. The average Bonchev–Trinajstić information content (AvgIpc) is 2.07. The zero-order valence-corrected chi connectivity index (χ0v) is 7.97. The normalized spacial score (nSPS) is 9.64. The van der Waals surface area contributed by atoms with Crippen LogP contribution in [-0.4, -0.2) is 11.2 Å². The molecule has 1 aromatic carbocycles. The second-order valence-electron chi connectivity index (χ2n) is 2.51. The Balaban J connectivity index is 3.14. The van der Waals surface area contributed by atoms with Crippen LogP contribution < -0.4 is 4.74 Å². The first-order valence-electron chi connectivity index (χ1n) is 3.68. The Bertz CT molecular complexity index is 390. The van der Waals surface area contributed by atoms with Crippen molar-refractivity contribution in [2.75, 3.05) is 0 Å². The Morgan fingerprint density at radius 2 is 2.07 bits per heavy atom. The highest BCUT2D eigenvalue weighted by atomic mass is 35.5. The molecule has 3 nitrogen and oxygen atoms in total. The number of carbonyl (C=O) groups is 2. The Morgan fingerprint density at radius 1 is 1.43 bits per heavy atom. The number of hydrogen-bond donors (Lipinski definition) is 0. The maximum Gasteiger partial charge on any atom is 0.308 e. The van der Waals surface area contributed by atoms with Crippen molar-refractivity contribution in [2.24, 2.45) is 0 Å². The summed E-state index contributed by atoms with van der Waals surface area (Å²) in [7, 11) is 0. The van der Waals surface area contributed by atoms with Crippen LogP contribution in [0.4, 0.5) is 4.39 Å². The molecule has 0 saturated heterocycles. The molecule has 0 radical (unpaired) electrons. The minimum atomic E-state index is -0.874. The third-order valence-electron chi connectivity index (χ3n) is 1.41. The lowest BCUT2D eigenvalue weighted by molar-refractivity contribution is -0.131. The van der Waals surface area contributed by atoms with Gasteiger partial charge in [0.1, 0.15) is 11.6 Å². The molecule has 5 heteroatoms. The van der Waals surface area contributed by atoms with Gasteiger partial charge in [-0.15, -0.1) is 0 Å². The maximum absolute atomic E-state index is 12.7. The molecule has 0 aliphatic heterocycles. The quantitative estimate of drug-likeness (QED) is 0.432. The largest absolute Gasteiger partial charge is 0.426 e. The predicted molar refractivity (Wildman–Crippen MR) is 47.9 cm³/mol.